The van der Waals surface area contributed by atoms with Crippen molar-refractivity contribution in [3.05, 3.63) is 30.3 Å². The predicted molar refractivity (Wildman–Crippen MR) is 86.5 cm³/mol. The van der Waals surface area contributed by atoms with Gasteiger partial charge in [0.1, 0.15) is 0 Å². The zero-order valence-corrected chi connectivity index (χ0v) is 12.9. The summed E-state index contributed by atoms with van der Waals surface area (Å²) < 4.78 is 0. The third kappa shape index (κ3) is 4.37. The van der Waals surface area contributed by atoms with Gasteiger partial charge in [-0.05, 0) is 18.6 Å². The molecule has 3 nitrogen and oxygen atoms in total. The molecule has 4 heteroatoms. The zero-order valence-electron chi connectivity index (χ0n) is 12.0. The van der Waals surface area contributed by atoms with Crippen molar-refractivity contribution >= 4 is 28.5 Å². The molecule has 1 saturated heterocycles. The van der Waals surface area contributed by atoms with Crippen molar-refractivity contribution in [1.82, 2.24) is 4.90 Å². The first kappa shape index (κ1) is 15.1. The molecule has 2 rings (SSSR count). The monoisotopic (exact) mass is 290 g/mol. The highest BCUT2D eigenvalue weighted by Crippen LogP contribution is 2.24. The quantitative estimate of drug-likeness (QED) is 0.704. The second-order valence-corrected chi connectivity index (χ2v) is 5.92. The van der Waals surface area contributed by atoms with Gasteiger partial charge in [0.05, 0.1) is 11.4 Å². The van der Waals surface area contributed by atoms with Crippen LogP contribution in [-0.2, 0) is 4.79 Å². The van der Waals surface area contributed by atoms with Gasteiger partial charge in [0.2, 0.25) is 5.91 Å². The number of amides is 1. The number of benzene rings is 1. The lowest BCUT2D eigenvalue weighted by Crippen LogP contribution is -2.30. The summed E-state index contributed by atoms with van der Waals surface area (Å²) in [4.78, 5) is 18.4. The van der Waals surface area contributed by atoms with E-state index in [0.29, 0.717) is 5.75 Å². The van der Waals surface area contributed by atoms with E-state index in [-0.39, 0.29) is 5.91 Å². The number of nitrogens with zero attached hydrogens (tertiary/aromatic N) is 2. The van der Waals surface area contributed by atoms with Crippen LogP contribution in [0.5, 0.6) is 0 Å². The molecule has 1 amide bonds. The van der Waals surface area contributed by atoms with E-state index < -0.39 is 0 Å². The molecule has 0 bridgehead atoms. The summed E-state index contributed by atoms with van der Waals surface area (Å²) >= 11 is 1.55. The molecule has 0 spiro atoms. The van der Waals surface area contributed by atoms with Crippen LogP contribution in [0.4, 0.5) is 5.69 Å². The molecule has 1 aromatic rings. The summed E-state index contributed by atoms with van der Waals surface area (Å²) in [6, 6.07) is 9.85. The number of hydrogen-bond acceptors (Lipinski definition) is 3. The fraction of sp³-hybridized carbons (Fsp3) is 0.500. The lowest BCUT2D eigenvalue weighted by molar-refractivity contribution is -0.124. The van der Waals surface area contributed by atoms with Crippen LogP contribution in [-0.4, -0.2) is 28.3 Å². The number of hydrogen-bond donors (Lipinski definition) is 0. The van der Waals surface area contributed by atoms with Crippen molar-refractivity contribution in [2.75, 3.05) is 12.3 Å². The zero-order chi connectivity index (χ0) is 14.2. The first-order chi connectivity index (χ1) is 9.81. The van der Waals surface area contributed by atoms with Crippen molar-refractivity contribution in [2.45, 2.75) is 39.0 Å². The molecule has 1 fully saturated rings. The van der Waals surface area contributed by atoms with Gasteiger partial charge in [-0.25, -0.2) is 4.99 Å². The van der Waals surface area contributed by atoms with Gasteiger partial charge in [0.25, 0.3) is 0 Å². The Bertz CT molecular complexity index is 459. The standard InChI is InChI=1S/C16H22N2OS/c1-2-3-4-5-9-12-18-15(19)13-20-16(18)17-14-10-7-6-8-11-14/h6-8,10-11H,2-5,9,12-13H2,1H3. The Morgan fingerprint density at radius 3 is 2.65 bits per heavy atom. The second kappa shape index (κ2) is 8.10. The maximum absolute atomic E-state index is 11.9. The first-order valence-electron chi connectivity index (χ1n) is 7.38. The summed E-state index contributed by atoms with van der Waals surface area (Å²) in [5.74, 6) is 0.723. The summed E-state index contributed by atoms with van der Waals surface area (Å²) in [6.07, 6.45) is 6.06. The molecule has 0 N–H and O–H groups in total. The molecular weight excluding hydrogens is 268 g/mol. The Morgan fingerprint density at radius 1 is 1.15 bits per heavy atom. The normalized spacial score (nSPS) is 17.1. The minimum atomic E-state index is 0.195. The van der Waals surface area contributed by atoms with E-state index in [9.17, 15) is 4.79 Å². The lowest BCUT2D eigenvalue weighted by Gasteiger charge is -2.15. The van der Waals surface area contributed by atoms with Crippen LogP contribution in [0.1, 0.15) is 39.0 Å². The summed E-state index contributed by atoms with van der Waals surface area (Å²) in [5.41, 5.74) is 0.917. The Labute approximate surface area is 125 Å². The largest absolute Gasteiger partial charge is 0.291 e. The minimum Gasteiger partial charge on any atom is -0.291 e. The first-order valence-corrected chi connectivity index (χ1v) is 8.36. The molecule has 1 heterocycles. The molecule has 0 saturated carbocycles. The number of thioether (sulfide) groups is 1. The summed E-state index contributed by atoms with van der Waals surface area (Å²) in [5, 5.41) is 0.858. The fourth-order valence-corrected chi connectivity index (χ4v) is 3.12. The molecule has 1 aliphatic heterocycles. The molecule has 0 atom stereocenters. The highest BCUT2D eigenvalue weighted by molar-refractivity contribution is 8.15. The Hall–Kier alpha value is -1.29. The van der Waals surface area contributed by atoms with Crippen LogP contribution in [0.2, 0.25) is 0 Å². The molecule has 0 radical (unpaired) electrons. The van der Waals surface area contributed by atoms with Gasteiger partial charge in [0, 0.05) is 6.54 Å². The van der Waals surface area contributed by atoms with E-state index in [1.807, 2.05) is 35.2 Å². The van der Waals surface area contributed by atoms with Crippen molar-refractivity contribution in [3.63, 3.8) is 0 Å². The third-order valence-electron chi connectivity index (χ3n) is 3.32. The molecule has 108 valence electrons. The molecular formula is C16H22N2OS. The van der Waals surface area contributed by atoms with E-state index >= 15 is 0 Å². The second-order valence-electron chi connectivity index (χ2n) is 4.98. The van der Waals surface area contributed by atoms with E-state index in [1.165, 1.54) is 25.7 Å². The van der Waals surface area contributed by atoms with Gasteiger partial charge >= 0.3 is 0 Å². The van der Waals surface area contributed by atoms with Crippen LogP contribution in [0.25, 0.3) is 0 Å². The average Bonchev–Trinajstić information content (AvgIpc) is 2.81. The number of carbonyl (C=O) groups excluding carboxylic acids is 1. The van der Waals surface area contributed by atoms with E-state index in [4.69, 9.17) is 0 Å². The number of carbonyl (C=O) groups is 1. The maximum Gasteiger partial charge on any atom is 0.239 e. The lowest BCUT2D eigenvalue weighted by atomic mass is 10.1. The summed E-state index contributed by atoms with van der Waals surface area (Å²) in [7, 11) is 0. The molecule has 20 heavy (non-hydrogen) atoms. The number of rotatable bonds is 7. The number of aliphatic imine (C=N–C) groups is 1. The van der Waals surface area contributed by atoms with Crippen LogP contribution in [0.3, 0.4) is 0 Å². The van der Waals surface area contributed by atoms with Crippen LogP contribution >= 0.6 is 11.8 Å². The van der Waals surface area contributed by atoms with Gasteiger partial charge < -0.3 is 0 Å². The molecule has 0 aliphatic carbocycles. The highest BCUT2D eigenvalue weighted by Gasteiger charge is 2.27. The number of para-hydroxylation sites is 1. The average molecular weight is 290 g/mol. The van der Waals surface area contributed by atoms with Crippen molar-refractivity contribution in [2.24, 2.45) is 4.99 Å². The third-order valence-corrected chi connectivity index (χ3v) is 4.28. The summed E-state index contributed by atoms with van der Waals surface area (Å²) in [6.45, 7) is 3.02. The van der Waals surface area contributed by atoms with E-state index in [0.717, 1.165) is 23.8 Å². The maximum atomic E-state index is 11.9. The Morgan fingerprint density at radius 2 is 1.90 bits per heavy atom. The molecule has 0 aromatic heterocycles. The highest BCUT2D eigenvalue weighted by atomic mass is 32.2. The minimum absolute atomic E-state index is 0.195. The Kier molecular flexibility index (Phi) is 6.12. The van der Waals surface area contributed by atoms with E-state index in [1.54, 1.807) is 11.8 Å². The van der Waals surface area contributed by atoms with Crippen LogP contribution in [0.15, 0.2) is 35.3 Å². The van der Waals surface area contributed by atoms with Gasteiger partial charge in [-0.3, -0.25) is 9.69 Å². The number of unbranched alkanes of at least 4 members (excludes halogenated alkanes) is 4. The van der Waals surface area contributed by atoms with Gasteiger partial charge in [-0.15, -0.1) is 0 Å². The van der Waals surface area contributed by atoms with Crippen molar-refractivity contribution in [3.8, 4) is 0 Å². The Balaban J connectivity index is 1.91. The van der Waals surface area contributed by atoms with Gasteiger partial charge in [0.15, 0.2) is 5.17 Å². The predicted octanol–water partition coefficient (Wildman–Crippen LogP) is 4.22. The van der Waals surface area contributed by atoms with Gasteiger partial charge in [-0.1, -0.05) is 62.6 Å². The van der Waals surface area contributed by atoms with Crippen molar-refractivity contribution < 1.29 is 4.79 Å². The number of amidine groups is 1. The molecule has 1 aliphatic rings. The fourth-order valence-electron chi connectivity index (χ4n) is 2.19. The van der Waals surface area contributed by atoms with Crippen LogP contribution < -0.4 is 0 Å². The van der Waals surface area contributed by atoms with E-state index in [2.05, 4.69) is 11.9 Å². The van der Waals surface area contributed by atoms with Crippen LogP contribution in [0, 0.1) is 0 Å². The van der Waals surface area contributed by atoms with Crippen molar-refractivity contribution in [1.29, 1.82) is 0 Å². The molecule has 1 aromatic carbocycles. The smallest absolute Gasteiger partial charge is 0.239 e. The van der Waals surface area contributed by atoms with Gasteiger partial charge in [-0.2, -0.15) is 0 Å². The topological polar surface area (TPSA) is 32.7 Å². The molecule has 0 unspecified atom stereocenters. The SMILES string of the molecule is CCCCCCCN1C(=O)CSC1=Nc1ccccc1.